The minimum atomic E-state index is -0.0207. The lowest BCUT2D eigenvalue weighted by molar-refractivity contribution is 0.567. The topological polar surface area (TPSA) is 41.6 Å². The van der Waals surface area contributed by atoms with Gasteiger partial charge >= 0.3 is 0 Å². The maximum Gasteiger partial charge on any atom is 0.159 e. The molecule has 0 aromatic carbocycles. The summed E-state index contributed by atoms with van der Waals surface area (Å²) in [4.78, 5) is 12.1. The number of pyridine rings is 1. The predicted molar refractivity (Wildman–Crippen MR) is 86.8 cm³/mol. The number of rotatable bonds is 1. The van der Waals surface area contributed by atoms with Gasteiger partial charge in [-0.25, -0.2) is 4.98 Å². The number of nitrogens with zero attached hydrogens (tertiary/aromatic N) is 2. The van der Waals surface area contributed by atoms with Gasteiger partial charge in [0.05, 0.1) is 0 Å². The van der Waals surface area contributed by atoms with Gasteiger partial charge in [-0.2, -0.15) is 0 Å². The van der Waals surface area contributed by atoms with E-state index in [9.17, 15) is 0 Å². The highest BCUT2D eigenvalue weighted by atomic mass is 79.9. The molecular weight excluding hydrogens is 390 g/mol. The molecule has 0 atom stereocenters. The maximum atomic E-state index is 5.24. The average molecular weight is 403 g/mol. The van der Waals surface area contributed by atoms with Crippen LogP contribution in [0.15, 0.2) is 27.3 Å². The monoisotopic (exact) mass is 401 g/mol. The molecule has 0 aliphatic heterocycles. The molecule has 2 rings (SSSR count). The van der Waals surface area contributed by atoms with Crippen molar-refractivity contribution in [3.8, 4) is 11.5 Å². The Hall–Kier alpha value is -0.590. The number of aromatic nitrogens is 3. The minimum absolute atomic E-state index is 0.0207. The number of aromatic amines is 1. The van der Waals surface area contributed by atoms with Crippen LogP contribution in [0, 0.1) is 4.64 Å². The molecule has 0 amide bonds. The number of hydrogen-bond donors (Lipinski definition) is 1. The molecular formula is C13H13Br2N3S. The van der Waals surface area contributed by atoms with Crippen molar-refractivity contribution in [2.24, 2.45) is 0 Å². The Bertz CT molecular complexity index is 674. The summed E-state index contributed by atoms with van der Waals surface area (Å²) < 4.78 is 2.34. The molecule has 0 fully saturated rings. The summed E-state index contributed by atoms with van der Waals surface area (Å²) in [6, 6.07) is 3.83. The highest BCUT2D eigenvalue weighted by molar-refractivity contribution is 9.11. The molecule has 2 aromatic heterocycles. The molecule has 0 aliphatic rings. The van der Waals surface area contributed by atoms with Crippen molar-refractivity contribution in [1.29, 1.82) is 0 Å². The first-order valence-corrected chi connectivity index (χ1v) is 7.70. The van der Waals surface area contributed by atoms with E-state index in [0.717, 1.165) is 20.3 Å². The molecule has 2 aromatic rings. The fourth-order valence-electron chi connectivity index (χ4n) is 1.56. The number of nitrogens with one attached hydrogen (secondary N) is 1. The third-order valence-electron chi connectivity index (χ3n) is 2.58. The highest BCUT2D eigenvalue weighted by Gasteiger charge is 2.17. The highest BCUT2D eigenvalue weighted by Crippen LogP contribution is 2.28. The van der Waals surface area contributed by atoms with Crippen LogP contribution >= 0.6 is 44.1 Å². The lowest BCUT2D eigenvalue weighted by atomic mass is 9.92. The van der Waals surface area contributed by atoms with Crippen molar-refractivity contribution in [3.05, 3.63) is 37.6 Å². The fraction of sp³-hybridized carbons (Fsp3) is 0.308. The van der Waals surface area contributed by atoms with E-state index >= 15 is 0 Å². The quantitative estimate of drug-likeness (QED) is 0.680. The third kappa shape index (κ3) is 3.49. The van der Waals surface area contributed by atoms with Crippen LogP contribution in [0.1, 0.15) is 26.5 Å². The molecule has 19 heavy (non-hydrogen) atoms. The van der Waals surface area contributed by atoms with Crippen LogP contribution in [0.4, 0.5) is 0 Å². The first-order valence-electron chi connectivity index (χ1n) is 5.70. The zero-order valence-corrected chi connectivity index (χ0v) is 14.8. The van der Waals surface area contributed by atoms with Crippen LogP contribution in [0.5, 0.6) is 0 Å². The van der Waals surface area contributed by atoms with Crippen LogP contribution in [0.2, 0.25) is 0 Å². The Kier molecular flexibility index (Phi) is 4.23. The molecule has 0 aliphatic carbocycles. The molecule has 6 heteroatoms. The van der Waals surface area contributed by atoms with Crippen molar-refractivity contribution >= 4 is 44.1 Å². The number of halogens is 2. The van der Waals surface area contributed by atoms with E-state index in [4.69, 9.17) is 12.2 Å². The molecule has 0 unspecified atom stereocenters. The fourth-order valence-corrected chi connectivity index (χ4v) is 2.95. The summed E-state index contributed by atoms with van der Waals surface area (Å²) in [6.07, 6.45) is 1.74. The SMILES string of the molecule is CC(C)(C)c1cc(=S)nc(-c2ncc(Br)cc2Br)[nH]1. The van der Waals surface area contributed by atoms with Crippen molar-refractivity contribution in [2.45, 2.75) is 26.2 Å². The predicted octanol–water partition coefficient (Wildman–Crippen LogP) is 5.02. The lowest BCUT2D eigenvalue weighted by Crippen LogP contribution is -2.14. The second-order valence-electron chi connectivity index (χ2n) is 5.22. The van der Waals surface area contributed by atoms with E-state index in [0.29, 0.717) is 10.5 Å². The molecule has 100 valence electrons. The Labute approximate surface area is 134 Å². The number of hydrogen-bond acceptors (Lipinski definition) is 3. The Morgan fingerprint density at radius 3 is 2.47 bits per heavy atom. The molecule has 1 N–H and O–H groups in total. The van der Waals surface area contributed by atoms with E-state index in [1.165, 1.54) is 0 Å². The molecule has 2 heterocycles. The molecule has 0 radical (unpaired) electrons. The van der Waals surface area contributed by atoms with E-state index in [-0.39, 0.29) is 5.41 Å². The first kappa shape index (κ1) is 14.8. The smallest absolute Gasteiger partial charge is 0.159 e. The van der Waals surface area contributed by atoms with Gasteiger partial charge in [-0.1, -0.05) is 33.0 Å². The van der Waals surface area contributed by atoms with E-state index < -0.39 is 0 Å². The molecule has 0 bridgehead atoms. The summed E-state index contributed by atoms with van der Waals surface area (Å²) in [5.74, 6) is 0.678. The number of H-pyrrole nitrogens is 1. The first-order chi connectivity index (χ1) is 8.77. The van der Waals surface area contributed by atoms with Gasteiger partial charge in [0.25, 0.3) is 0 Å². The van der Waals surface area contributed by atoms with Gasteiger partial charge in [-0.05, 0) is 44.0 Å². The van der Waals surface area contributed by atoms with Crippen molar-refractivity contribution in [1.82, 2.24) is 15.0 Å². The average Bonchev–Trinajstić information content (AvgIpc) is 2.26. The summed E-state index contributed by atoms with van der Waals surface area (Å²) in [6.45, 7) is 6.38. The van der Waals surface area contributed by atoms with Gasteiger partial charge in [-0.3, -0.25) is 4.98 Å². The van der Waals surface area contributed by atoms with Crippen LogP contribution in [0.25, 0.3) is 11.5 Å². The second-order valence-corrected chi connectivity index (χ2v) is 7.40. The lowest BCUT2D eigenvalue weighted by Gasteiger charge is -2.19. The van der Waals surface area contributed by atoms with Gasteiger partial charge in [-0.15, -0.1) is 0 Å². The molecule has 0 spiro atoms. The molecule has 0 saturated heterocycles. The normalized spacial score (nSPS) is 11.6. The van der Waals surface area contributed by atoms with Crippen LogP contribution in [-0.2, 0) is 5.41 Å². The van der Waals surface area contributed by atoms with Crippen molar-refractivity contribution in [3.63, 3.8) is 0 Å². The Morgan fingerprint density at radius 2 is 1.89 bits per heavy atom. The van der Waals surface area contributed by atoms with Gasteiger partial charge < -0.3 is 4.98 Å². The van der Waals surface area contributed by atoms with Crippen molar-refractivity contribution < 1.29 is 0 Å². The van der Waals surface area contributed by atoms with Crippen LogP contribution in [0.3, 0.4) is 0 Å². The largest absolute Gasteiger partial charge is 0.341 e. The molecule has 3 nitrogen and oxygen atoms in total. The van der Waals surface area contributed by atoms with Gasteiger partial charge in [0, 0.05) is 26.3 Å². The third-order valence-corrected chi connectivity index (χ3v) is 3.83. The van der Waals surface area contributed by atoms with Gasteiger partial charge in [0.15, 0.2) is 5.82 Å². The zero-order chi connectivity index (χ0) is 14.2. The molecule has 0 saturated carbocycles. The standard InChI is InChI=1S/C13H13Br2N3S/c1-13(2,3)9-5-10(19)18-12(17-9)11-8(15)4-7(14)6-16-11/h4-6H,1-3H3,(H,17,18,19). The zero-order valence-electron chi connectivity index (χ0n) is 10.8. The second kappa shape index (κ2) is 5.42. The van der Waals surface area contributed by atoms with E-state index in [1.807, 2.05) is 12.1 Å². The Balaban J connectivity index is 2.63. The summed E-state index contributed by atoms with van der Waals surface area (Å²) >= 11 is 12.1. The van der Waals surface area contributed by atoms with Gasteiger partial charge in [0.1, 0.15) is 10.3 Å². The van der Waals surface area contributed by atoms with Gasteiger partial charge in [0.2, 0.25) is 0 Å². The summed E-state index contributed by atoms with van der Waals surface area (Å²) in [5, 5.41) is 0. The maximum absolute atomic E-state index is 5.24. The summed E-state index contributed by atoms with van der Waals surface area (Å²) in [7, 11) is 0. The summed E-state index contributed by atoms with van der Waals surface area (Å²) in [5.41, 5.74) is 1.77. The van der Waals surface area contributed by atoms with E-state index in [1.54, 1.807) is 6.20 Å². The van der Waals surface area contributed by atoms with E-state index in [2.05, 4.69) is 67.6 Å². The minimum Gasteiger partial charge on any atom is -0.341 e. The van der Waals surface area contributed by atoms with Crippen molar-refractivity contribution in [2.75, 3.05) is 0 Å². The van der Waals surface area contributed by atoms with Crippen LogP contribution < -0.4 is 0 Å². The Morgan fingerprint density at radius 1 is 1.21 bits per heavy atom. The van der Waals surface area contributed by atoms with Crippen LogP contribution in [-0.4, -0.2) is 15.0 Å².